The average molecular weight is 431 g/mol. The van der Waals surface area contributed by atoms with E-state index in [2.05, 4.69) is 5.32 Å². The van der Waals surface area contributed by atoms with Gasteiger partial charge in [-0.1, -0.05) is 0 Å². The Hall–Kier alpha value is -1.67. The van der Waals surface area contributed by atoms with Crippen LogP contribution >= 0.6 is 0 Å². The van der Waals surface area contributed by atoms with Crippen LogP contribution < -0.4 is 11.1 Å². The van der Waals surface area contributed by atoms with Gasteiger partial charge in [0, 0.05) is 0 Å². The van der Waals surface area contributed by atoms with Gasteiger partial charge in [-0.25, -0.2) is 0 Å². The Morgan fingerprint density at radius 2 is 1.20 bits per heavy atom. The first-order valence-corrected chi connectivity index (χ1v) is 10.5. The number of carbonyl (C=O) groups excluding carboxylic acids is 3. The largest absolute Gasteiger partial charge is 0.460 e. The first-order valence-electron chi connectivity index (χ1n) is 10.5. The molecule has 176 valence electrons. The summed E-state index contributed by atoms with van der Waals surface area (Å²) < 4.78 is 16.4. The van der Waals surface area contributed by atoms with Gasteiger partial charge in [0.2, 0.25) is 0 Å². The zero-order chi connectivity index (χ0) is 23.8. The molecule has 1 atom stereocenters. The number of unbranched alkanes of at least 4 members (excludes halogenated alkanes) is 1. The van der Waals surface area contributed by atoms with Crippen molar-refractivity contribution in [1.29, 1.82) is 0 Å². The van der Waals surface area contributed by atoms with Crippen molar-refractivity contribution in [2.45, 2.75) is 110 Å². The van der Waals surface area contributed by atoms with Gasteiger partial charge in [0.15, 0.2) is 0 Å². The van der Waals surface area contributed by atoms with E-state index in [9.17, 15) is 14.4 Å². The SMILES string of the molecule is CC(C)(C)OC(=O)CN[C@](CCCCN)(CC(=O)OC(C)(C)C)C(=O)OC(C)(C)C. The summed E-state index contributed by atoms with van der Waals surface area (Å²) in [6.07, 6.45) is 1.22. The monoisotopic (exact) mass is 430 g/mol. The molecule has 0 aliphatic heterocycles. The Morgan fingerprint density at radius 3 is 1.63 bits per heavy atom. The number of ether oxygens (including phenoxy) is 3. The number of rotatable bonds is 10. The van der Waals surface area contributed by atoms with E-state index in [0.29, 0.717) is 19.4 Å². The van der Waals surface area contributed by atoms with E-state index in [4.69, 9.17) is 19.9 Å². The summed E-state index contributed by atoms with van der Waals surface area (Å²) in [5.41, 5.74) is 2.04. The predicted octanol–water partition coefficient (Wildman–Crippen LogP) is 2.86. The zero-order valence-electron chi connectivity index (χ0n) is 20.3. The molecule has 8 nitrogen and oxygen atoms in total. The van der Waals surface area contributed by atoms with Crippen LogP contribution in [0.15, 0.2) is 0 Å². The van der Waals surface area contributed by atoms with E-state index in [-0.39, 0.29) is 19.4 Å². The van der Waals surface area contributed by atoms with Gasteiger partial charge in [-0.2, -0.15) is 0 Å². The van der Waals surface area contributed by atoms with Crippen molar-refractivity contribution in [3.05, 3.63) is 0 Å². The van der Waals surface area contributed by atoms with Gasteiger partial charge in [-0.15, -0.1) is 0 Å². The van der Waals surface area contributed by atoms with Crippen LogP contribution in [0.2, 0.25) is 0 Å². The molecule has 0 saturated heterocycles. The minimum absolute atomic E-state index is 0.248. The maximum atomic E-state index is 13.2. The van der Waals surface area contributed by atoms with Gasteiger partial charge >= 0.3 is 17.9 Å². The fourth-order valence-corrected chi connectivity index (χ4v) is 2.68. The lowest BCUT2D eigenvalue weighted by molar-refractivity contribution is -0.172. The smallest absolute Gasteiger partial charge is 0.327 e. The summed E-state index contributed by atoms with van der Waals surface area (Å²) in [6.45, 7) is 16.0. The van der Waals surface area contributed by atoms with Crippen LogP contribution in [0.5, 0.6) is 0 Å². The number of hydrogen-bond donors (Lipinski definition) is 2. The van der Waals surface area contributed by atoms with E-state index in [0.717, 1.165) is 0 Å². The molecule has 0 amide bonds. The molecule has 0 rings (SSSR count). The van der Waals surface area contributed by atoms with Gasteiger partial charge < -0.3 is 19.9 Å². The van der Waals surface area contributed by atoms with Gasteiger partial charge in [0.25, 0.3) is 0 Å². The van der Waals surface area contributed by atoms with Crippen molar-refractivity contribution in [3.63, 3.8) is 0 Å². The first kappa shape index (κ1) is 28.3. The number of nitrogens with one attached hydrogen (secondary N) is 1. The van der Waals surface area contributed by atoms with Crippen LogP contribution in [0, 0.1) is 0 Å². The highest BCUT2D eigenvalue weighted by molar-refractivity contribution is 5.88. The fourth-order valence-electron chi connectivity index (χ4n) is 2.68. The molecule has 0 fully saturated rings. The highest BCUT2D eigenvalue weighted by Gasteiger charge is 2.44. The van der Waals surface area contributed by atoms with Crippen LogP contribution in [0.25, 0.3) is 0 Å². The number of carbonyl (C=O) groups is 3. The maximum Gasteiger partial charge on any atom is 0.327 e. The second-order valence-corrected chi connectivity index (χ2v) is 10.5. The highest BCUT2D eigenvalue weighted by Crippen LogP contribution is 2.26. The Bertz CT molecular complexity index is 584. The molecular weight excluding hydrogens is 388 g/mol. The van der Waals surface area contributed by atoms with Gasteiger partial charge in [0.05, 0.1) is 13.0 Å². The Morgan fingerprint density at radius 1 is 0.733 bits per heavy atom. The standard InChI is InChI=1S/C22H42N2O6/c1-19(2,3)28-16(25)14-22(12-10-11-13-23,18(27)30-21(7,8)9)24-15-17(26)29-20(4,5)6/h24H,10-15,23H2,1-9H3/t22-/m1/s1. The van der Waals surface area contributed by atoms with Crippen LogP contribution in [0.1, 0.15) is 88.0 Å². The lowest BCUT2D eigenvalue weighted by Gasteiger charge is -2.35. The lowest BCUT2D eigenvalue weighted by Crippen LogP contribution is -2.57. The first-order chi connectivity index (χ1) is 13.4. The van der Waals surface area contributed by atoms with Crippen molar-refractivity contribution in [2.24, 2.45) is 5.73 Å². The molecule has 0 unspecified atom stereocenters. The molecule has 0 heterocycles. The average Bonchev–Trinajstić information content (AvgIpc) is 2.47. The summed E-state index contributed by atoms with van der Waals surface area (Å²) in [5, 5.41) is 2.96. The Balaban J connectivity index is 5.79. The van der Waals surface area contributed by atoms with E-state index in [1.54, 1.807) is 62.3 Å². The maximum absolute atomic E-state index is 13.2. The molecule has 8 heteroatoms. The molecule has 0 spiro atoms. The summed E-state index contributed by atoms with van der Waals surface area (Å²) in [5.74, 6) is -1.70. The molecular formula is C22H42N2O6. The van der Waals surface area contributed by atoms with Gasteiger partial charge in [0.1, 0.15) is 22.3 Å². The van der Waals surface area contributed by atoms with E-state index < -0.39 is 40.2 Å². The summed E-state index contributed by atoms with van der Waals surface area (Å²) >= 11 is 0. The predicted molar refractivity (Wildman–Crippen MR) is 116 cm³/mol. The van der Waals surface area contributed by atoms with Gasteiger partial charge in [-0.3, -0.25) is 19.7 Å². The number of esters is 3. The normalized spacial score (nSPS) is 14.6. The zero-order valence-corrected chi connectivity index (χ0v) is 20.3. The van der Waals surface area contributed by atoms with Crippen LogP contribution in [0.3, 0.4) is 0 Å². The van der Waals surface area contributed by atoms with Crippen molar-refractivity contribution in [1.82, 2.24) is 5.32 Å². The number of nitrogens with two attached hydrogens (primary N) is 1. The topological polar surface area (TPSA) is 117 Å². The summed E-state index contributed by atoms with van der Waals surface area (Å²) in [7, 11) is 0. The minimum atomic E-state index is -1.43. The third kappa shape index (κ3) is 12.8. The summed E-state index contributed by atoms with van der Waals surface area (Å²) in [6, 6.07) is 0. The fraction of sp³-hybridized carbons (Fsp3) is 0.864. The molecule has 3 N–H and O–H groups in total. The Kier molecular flexibility index (Phi) is 10.5. The van der Waals surface area contributed by atoms with Crippen LogP contribution in [0.4, 0.5) is 0 Å². The Labute approximate surface area is 181 Å². The quantitative estimate of drug-likeness (QED) is 0.309. The van der Waals surface area contributed by atoms with Gasteiger partial charge in [-0.05, 0) is 88.1 Å². The second-order valence-electron chi connectivity index (χ2n) is 10.5. The molecule has 0 aromatic carbocycles. The van der Waals surface area contributed by atoms with E-state index >= 15 is 0 Å². The summed E-state index contributed by atoms with van der Waals surface area (Å²) in [4.78, 5) is 38.1. The van der Waals surface area contributed by atoms with Crippen LogP contribution in [-0.2, 0) is 28.6 Å². The lowest BCUT2D eigenvalue weighted by atomic mass is 9.88. The van der Waals surface area contributed by atoms with Crippen molar-refractivity contribution in [2.75, 3.05) is 13.1 Å². The van der Waals surface area contributed by atoms with Crippen molar-refractivity contribution in [3.8, 4) is 0 Å². The van der Waals surface area contributed by atoms with Crippen LogP contribution in [-0.4, -0.2) is 53.3 Å². The minimum Gasteiger partial charge on any atom is -0.460 e. The van der Waals surface area contributed by atoms with E-state index in [1.165, 1.54) is 0 Å². The third-order valence-corrected chi connectivity index (χ3v) is 3.70. The third-order valence-electron chi connectivity index (χ3n) is 3.70. The molecule has 0 aromatic heterocycles. The molecule has 0 radical (unpaired) electrons. The second kappa shape index (κ2) is 11.1. The molecule has 0 bridgehead atoms. The highest BCUT2D eigenvalue weighted by atomic mass is 16.6. The molecule has 0 aromatic rings. The molecule has 0 saturated carbocycles. The molecule has 0 aliphatic rings. The number of hydrogen-bond acceptors (Lipinski definition) is 8. The van der Waals surface area contributed by atoms with Crippen molar-refractivity contribution < 1.29 is 28.6 Å². The van der Waals surface area contributed by atoms with Crippen molar-refractivity contribution >= 4 is 17.9 Å². The molecule has 30 heavy (non-hydrogen) atoms. The van der Waals surface area contributed by atoms with E-state index in [1.807, 2.05) is 0 Å². The molecule has 0 aliphatic carbocycles.